The van der Waals surface area contributed by atoms with E-state index in [1.165, 1.54) is 7.05 Å². The SMILES string of the molecule is CNC(=O)C(=O)Cc1ccc(OC)cc1. The fourth-order valence-corrected chi connectivity index (χ4v) is 1.15. The van der Waals surface area contributed by atoms with Crippen LogP contribution in [0.15, 0.2) is 24.3 Å². The highest BCUT2D eigenvalue weighted by atomic mass is 16.5. The first-order chi connectivity index (χ1) is 7.17. The van der Waals surface area contributed by atoms with Crippen molar-refractivity contribution in [2.24, 2.45) is 0 Å². The number of methoxy groups -OCH3 is 1. The standard InChI is InChI=1S/C11H13NO3/c1-12-11(14)10(13)7-8-3-5-9(15-2)6-4-8/h3-6H,7H2,1-2H3,(H,12,14). The fourth-order valence-electron chi connectivity index (χ4n) is 1.15. The molecule has 4 heteroatoms. The van der Waals surface area contributed by atoms with Crippen molar-refractivity contribution >= 4 is 11.7 Å². The number of amides is 1. The van der Waals surface area contributed by atoms with Crippen molar-refractivity contribution in [2.45, 2.75) is 6.42 Å². The van der Waals surface area contributed by atoms with Gasteiger partial charge in [0.1, 0.15) is 5.75 Å². The molecule has 1 amide bonds. The highest BCUT2D eigenvalue weighted by Crippen LogP contribution is 2.11. The fraction of sp³-hybridized carbons (Fsp3) is 0.273. The van der Waals surface area contributed by atoms with Crippen LogP contribution in [0, 0.1) is 0 Å². The lowest BCUT2D eigenvalue weighted by Crippen LogP contribution is -2.28. The van der Waals surface area contributed by atoms with Crippen molar-refractivity contribution in [2.75, 3.05) is 14.2 Å². The molecule has 15 heavy (non-hydrogen) atoms. The maximum Gasteiger partial charge on any atom is 0.287 e. The Morgan fingerprint density at radius 2 is 1.87 bits per heavy atom. The molecular weight excluding hydrogens is 194 g/mol. The maximum atomic E-state index is 11.3. The van der Waals surface area contributed by atoms with Crippen molar-refractivity contribution in [1.82, 2.24) is 5.32 Å². The number of carbonyl (C=O) groups is 2. The second kappa shape index (κ2) is 5.14. The molecule has 80 valence electrons. The molecule has 0 aliphatic rings. The van der Waals surface area contributed by atoms with Gasteiger partial charge in [0.25, 0.3) is 5.91 Å². The van der Waals surface area contributed by atoms with Crippen molar-refractivity contribution in [3.05, 3.63) is 29.8 Å². The monoisotopic (exact) mass is 207 g/mol. The van der Waals surface area contributed by atoms with E-state index in [1.807, 2.05) is 0 Å². The van der Waals surface area contributed by atoms with Gasteiger partial charge in [0.15, 0.2) is 0 Å². The molecule has 0 saturated carbocycles. The van der Waals surface area contributed by atoms with Crippen LogP contribution in [0.2, 0.25) is 0 Å². The second-order valence-electron chi connectivity index (χ2n) is 3.03. The lowest BCUT2D eigenvalue weighted by molar-refractivity contribution is -0.137. The topological polar surface area (TPSA) is 55.4 Å². The predicted octanol–water partition coefficient (Wildman–Crippen LogP) is 0.553. The number of rotatable bonds is 4. The number of carbonyl (C=O) groups excluding carboxylic acids is 2. The van der Waals surface area contributed by atoms with E-state index in [4.69, 9.17) is 4.74 Å². The third kappa shape index (κ3) is 3.09. The number of benzene rings is 1. The Balaban J connectivity index is 2.65. The molecule has 1 aromatic rings. The van der Waals surface area contributed by atoms with Gasteiger partial charge in [-0.15, -0.1) is 0 Å². The number of hydrogen-bond acceptors (Lipinski definition) is 3. The smallest absolute Gasteiger partial charge is 0.287 e. The summed E-state index contributed by atoms with van der Waals surface area (Å²) in [5.41, 5.74) is 0.796. The summed E-state index contributed by atoms with van der Waals surface area (Å²) >= 11 is 0. The molecule has 1 rings (SSSR count). The van der Waals surface area contributed by atoms with Gasteiger partial charge in [-0.05, 0) is 17.7 Å². The molecule has 0 fully saturated rings. The van der Waals surface area contributed by atoms with Crippen LogP contribution in [-0.4, -0.2) is 25.8 Å². The van der Waals surface area contributed by atoms with Crippen molar-refractivity contribution in [1.29, 1.82) is 0 Å². The van der Waals surface area contributed by atoms with Gasteiger partial charge in [-0.1, -0.05) is 12.1 Å². The molecule has 0 aromatic heterocycles. The zero-order valence-corrected chi connectivity index (χ0v) is 8.74. The molecule has 0 spiro atoms. The van der Waals surface area contributed by atoms with Crippen LogP contribution in [0.4, 0.5) is 0 Å². The number of ketones is 1. The molecule has 0 heterocycles. The normalized spacial score (nSPS) is 9.47. The van der Waals surface area contributed by atoms with Crippen LogP contribution in [0.5, 0.6) is 5.75 Å². The summed E-state index contributed by atoms with van der Waals surface area (Å²) in [6.07, 6.45) is 0.115. The van der Waals surface area contributed by atoms with E-state index in [1.54, 1.807) is 31.4 Å². The van der Waals surface area contributed by atoms with Gasteiger partial charge >= 0.3 is 0 Å². The minimum Gasteiger partial charge on any atom is -0.497 e. The van der Waals surface area contributed by atoms with Crippen LogP contribution in [0.25, 0.3) is 0 Å². The van der Waals surface area contributed by atoms with Gasteiger partial charge < -0.3 is 10.1 Å². The number of ether oxygens (including phenoxy) is 1. The minimum absolute atomic E-state index is 0.115. The summed E-state index contributed by atoms with van der Waals surface area (Å²) in [5.74, 6) is -0.278. The van der Waals surface area contributed by atoms with Gasteiger partial charge in [0.2, 0.25) is 5.78 Å². The molecule has 0 aliphatic heterocycles. The van der Waals surface area contributed by atoms with E-state index in [-0.39, 0.29) is 6.42 Å². The van der Waals surface area contributed by atoms with Crippen LogP contribution in [0.1, 0.15) is 5.56 Å². The van der Waals surface area contributed by atoms with Gasteiger partial charge in [-0.25, -0.2) is 0 Å². The summed E-state index contributed by atoms with van der Waals surface area (Å²) in [5, 5.41) is 2.29. The highest BCUT2D eigenvalue weighted by Gasteiger charge is 2.11. The van der Waals surface area contributed by atoms with Gasteiger partial charge in [-0.2, -0.15) is 0 Å². The number of hydrogen-bond donors (Lipinski definition) is 1. The Kier molecular flexibility index (Phi) is 3.85. The van der Waals surface area contributed by atoms with Crippen molar-refractivity contribution in [3.63, 3.8) is 0 Å². The molecule has 0 aliphatic carbocycles. The van der Waals surface area contributed by atoms with E-state index in [0.717, 1.165) is 11.3 Å². The van der Waals surface area contributed by atoms with Crippen LogP contribution in [-0.2, 0) is 16.0 Å². The third-order valence-electron chi connectivity index (χ3n) is 2.00. The lowest BCUT2D eigenvalue weighted by Gasteiger charge is -2.02. The van der Waals surface area contributed by atoms with Crippen molar-refractivity contribution in [3.8, 4) is 5.75 Å². The Bertz CT molecular complexity index is 357. The Morgan fingerprint density at radius 3 is 2.33 bits per heavy atom. The molecule has 0 radical (unpaired) electrons. The minimum atomic E-state index is -0.564. The molecule has 1 N–H and O–H groups in total. The third-order valence-corrected chi connectivity index (χ3v) is 2.00. The summed E-state index contributed by atoms with van der Waals surface area (Å²) in [4.78, 5) is 22.2. The van der Waals surface area contributed by atoms with E-state index >= 15 is 0 Å². The zero-order valence-electron chi connectivity index (χ0n) is 8.74. The summed E-state index contributed by atoms with van der Waals surface area (Å²) in [6, 6.07) is 7.04. The molecule has 1 aromatic carbocycles. The molecular formula is C11H13NO3. The Labute approximate surface area is 88.2 Å². The number of likely N-dealkylation sites (N-methyl/N-ethyl adjacent to an activating group) is 1. The first kappa shape index (κ1) is 11.2. The first-order valence-electron chi connectivity index (χ1n) is 4.55. The first-order valence-corrected chi connectivity index (χ1v) is 4.55. The zero-order chi connectivity index (χ0) is 11.3. The Morgan fingerprint density at radius 1 is 1.27 bits per heavy atom. The van der Waals surface area contributed by atoms with E-state index in [0.29, 0.717) is 0 Å². The maximum absolute atomic E-state index is 11.3. The molecule has 0 saturated heterocycles. The summed E-state index contributed by atoms with van der Waals surface area (Å²) in [7, 11) is 3.01. The predicted molar refractivity (Wildman–Crippen MR) is 55.8 cm³/mol. The van der Waals surface area contributed by atoms with Crippen LogP contribution >= 0.6 is 0 Å². The van der Waals surface area contributed by atoms with Crippen molar-refractivity contribution < 1.29 is 14.3 Å². The lowest BCUT2D eigenvalue weighted by atomic mass is 10.1. The molecule has 0 bridgehead atoms. The van der Waals surface area contributed by atoms with Crippen LogP contribution in [0.3, 0.4) is 0 Å². The average molecular weight is 207 g/mol. The largest absolute Gasteiger partial charge is 0.497 e. The van der Waals surface area contributed by atoms with Gasteiger partial charge in [0, 0.05) is 13.5 Å². The second-order valence-corrected chi connectivity index (χ2v) is 3.03. The molecule has 0 unspecified atom stereocenters. The van der Waals surface area contributed by atoms with E-state index in [9.17, 15) is 9.59 Å². The summed E-state index contributed by atoms with van der Waals surface area (Å²) in [6.45, 7) is 0. The Hall–Kier alpha value is -1.84. The van der Waals surface area contributed by atoms with Gasteiger partial charge in [0.05, 0.1) is 7.11 Å². The highest BCUT2D eigenvalue weighted by molar-refractivity contribution is 6.36. The van der Waals surface area contributed by atoms with E-state index < -0.39 is 11.7 Å². The molecule has 4 nitrogen and oxygen atoms in total. The number of nitrogens with one attached hydrogen (secondary N) is 1. The number of Topliss-reactive ketones (excluding diaryl/α,β-unsaturated/α-hetero) is 1. The quantitative estimate of drug-likeness (QED) is 0.734. The average Bonchev–Trinajstić information content (AvgIpc) is 2.29. The molecule has 0 atom stereocenters. The summed E-state index contributed by atoms with van der Waals surface area (Å²) < 4.78 is 4.98. The van der Waals surface area contributed by atoms with Crippen LogP contribution < -0.4 is 10.1 Å². The van der Waals surface area contributed by atoms with Gasteiger partial charge in [-0.3, -0.25) is 9.59 Å². The van der Waals surface area contributed by atoms with E-state index in [2.05, 4.69) is 5.32 Å².